The zero-order valence-corrected chi connectivity index (χ0v) is 23.3. The third kappa shape index (κ3) is 5.86. The number of hydrogen-bond donors (Lipinski definition) is 0. The molecular formula is C26H29N3O8S2. The maximum Gasteiger partial charge on any atom is 0.307 e. The molecule has 208 valence electrons. The Hall–Kier alpha value is -3.26. The molecule has 13 heteroatoms. The molecule has 0 aliphatic carbocycles. The van der Waals surface area contributed by atoms with Gasteiger partial charge in [-0.3, -0.25) is 9.59 Å². The number of methoxy groups -OCH3 is 1. The van der Waals surface area contributed by atoms with E-state index in [9.17, 15) is 18.0 Å². The Morgan fingerprint density at radius 2 is 1.85 bits per heavy atom. The second kappa shape index (κ2) is 11.5. The van der Waals surface area contributed by atoms with Crippen LogP contribution in [0.2, 0.25) is 0 Å². The number of sulfonamides is 1. The summed E-state index contributed by atoms with van der Waals surface area (Å²) in [6, 6.07) is 9.36. The van der Waals surface area contributed by atoms with E-state index in [4.69, 9.17) is 18.9 Å². The Balaban J connectivity index is 1.43. The highest BCUT2D eigenvalue weighted by molar-refractivity contribution is 7.89. The Kier molecular flexibility index (Phi) is 8.03. The first-order chi connectivity index (χ1) is 18.8. The van der Waals surface area contributed by atoms with Crippen LogP contribution in [0.15, 0.2) is 46.3 Å². The molecule has 0 spiro atoms. The number of fused-ring (bicyclic) bond motifs is 2. The minimum absolute atomic E-state index is 0.0835. The molecule has 0 saturated carbocycles. The quantitative estimate of drug-likeness (QED) is 0.375. The van der Waals surface area contributed by atoms with Crippen LogP contribution >= 0.6 is 11.3 Å². The van der Waals surface area contributed by atoms with E-state index in [-0.39, 0.29) is 36.1 Å². The van der Waals surface area contributed by atoms with Crippen molar-refractivity contribution >= 4 is 43.5 Å². The summed E-state index contributed by atoms with van der Waals surface area (Å²) in [7, 11) is -0.896. The van der Waals surface area contributed by atoms with Gasteiger partial charge in [-0.25, -0.2) is 8.42 Å². The van der Waals surface area contributed by atoms with Crippen molar-refractivity contribution in [2.24, 2.45) is 4.99 Å². The third-order valence-corrected chi connectivity index (χ3v) is 9.48. The zero-order chi connectivity index (χ0) is 27.6. The first-order valence-electron chi connectivity index (χ1n) is 12.5. The second-order valence-electron chi connectivity index (χ2n) is 9.19. The highest BCUT2D eigenvalue weighted by atomic mass is 32.2. The van der Waals surface area contributed by atoms with E-state index in [1.807, 2.05) is 12.1 Å². The van der Waals surface area contributed by atoms with Crippen LogP contribution in [0.25, 0.3) is 10.2 Å². The molecule has 1 aromatic heterocycles. The summed E-state index contributed by atoms with van der Waals surface area (Å²) in [6.45, 7) is 2.03. The Labute approximate surface area is 229 Å². The van der Waals surface area contributed by atoms with Gasteiger partial charge in [-0.15, -0.1) is 0 Å². The molecule has 1 unspecified atom stereocenters. The minimum Gasteiger partial charge on any atom is -0.486 e. The standard InChI is InChI=1S/C26H29N3O8S2/c1-28(16-18-4-3-11-35-18)39(32,33)19-7-5-17(6-8-19)25(31)27-26-29(10-9-24(30)34-2)20-14-21-22(15-23(20)38-26)37-13-12-36-21/h5-8,14-15,18H,3-4,9-13,16H2,1-2H3. The number of carbonyl (C=O) groups excluding carboxylic acids is 2. The summed E-state index contributed by atoms with van der Waals surface area (Å²) in [5.41, 5.74) is 0.981. The number of amides is 1. The van der Waals surface area contributed by atoms with Gasteiger partial charge in [0.15, 0.2) is 16.3 Å². The van der Waals surface area contributed by atoms with Crippen LogP contribution in [0.1, 0.15) is 29.6 Å². The lowest BCUT2D eigenvalue weighted by Crippen LogP contribution is -2.34. The maximum absolute atomic E-state index is 13.1. The topological polar surface area (TPSA) is 126 Å². The van der Waals surface area contributed by atoms with Crippen molar-refractivity contribution < 1.29 is 37.0 Å². The van der Waals surface area contributed by atoms with Crippen LogP contribution in [0.5, 0.6) is 11.5 Å². The highest BCUT2D eigenvalue weighted by Crippen LogP contribution is 2.35. The Bertz CT molecular complexity index is 1550. The fourth-order valence-electron chi connectivity index (χ4n) is 4.49. The van der Waals surface area contributed by atoms with Crippen molar-refractivity contribution in [2.45, 2.75) is 36.8 Å². The molecule has 0 radical (unpaired) electrons. The number of aromatic nitrogens is 1. The molecule has 3 heterocycles. The number of ether oxygens (including phenoxy) is 4. The van der Waals surface area contributed by atoms with E-state index in [0.717, 1.165) is 23.1 Å². The third-order valence-electron chi connectivity index (χ3n) is 6.61. The van der Waals surface area contributed by atoms with Gasteiger partial charge in [0.2, 0.25) is 10.0 Å². The summed E-state index contributed by atoms with van der Waals surface area (Å²) in [5, 5.41) is 0. The van der Waals surface area contributed by atoms with Crippen LogP contribution in [0, 0.1) is 0 Å². The number of thiazole rings is 1. The lowest BCUT2D eigenvalue weighted by molar-refractivity contribution is -0.140. The van der Waals surface area contributed by atoms with Gasteiger partial charge in [-0.05, 0) is 37.1 Å². The van der Waals surface area contributed by atoms with Crippen LogP contribution in [0.3, 0.4) is 0 Å². The first-order valence-corrected chi connectivity index (χ1v) is 14.8. The maximum atomic E-state index is 13.1. The van der Waals surface area contributed by atoms with Gasteiger partial charge in [0, 0.05) is 44.4 Å². The SMILES string of the molecule is COC(=O)CCn1c(=NC(=O)c2ccc(S(=O)(=O)N(C)CC3CCCO3)cc2)sc2cc3c(cc21)OCCO3. The number of likely N-dealkylation sites (N-methyl/N-ethyl adjacent to an activating group) is 1. The second-order valence-corrected chi connectivity index (χ2v) is 12.2. The smallest absolute Gasteiger partial charge is 0.307 e. The number of benzene rings is 2. The highest BCUT2D eigenvalue weighted by Gasteiger charge is 2.26. The molecule has 1 saturated heterocycles. The lowest BCUT2D eigenvalue weighted by Gasteiger charge is -2.20. The van der Waals surface area contributed by atoms with E-state index >= 15 is 0 Å². The summed E-state index contributed by atoms with van der Waals surface area (Å²) in [4.78, 5) is 29.8. The zero-order valence-electron chi connectivity index (χ0n) is 21.6. The summed E-state index contributed by atoms with van der Waals surface area (Å²) in [6.07, 6.45) is 1.73. The molecule has 1 atom stereocenters. The number of rotatable bonds is 8. The molecule has 2 aliphatic rings. The van der Waals surface area contributed by atoms with E-state index in [2.05, 4.69) is 4.99 Å². The molecule has 0 N–H and O–H groups in total. The number of aryl methyl sites for hydroxylation is 1. The largest absolute Gasteiger partial charge is 0.486 e. The van der Waals surface area contributed by atoms with Gasteiger partial charge in [-0.1, -0.05) is 11.3 Å². The lowest BCUT2D eigenvalue weighted by atomic mass is 10.2. The molecular weight excluding hydrogens is 546 g/mol. The number of carbonyl (C=O) groups is 2. The Morgan fingerprint density at radius 1 is 1.13 bits per heavy atom. The average Bonchev–Trinajstić information content (AvgIpc) is 3.57. The van der Waals surface area contributed by atoms with Crippen molar-refractivity contribution in [2.75, 3.05) is 40.5 Å². The normalized spacial score (nSPS) is 17.6. The Morgan fingerprint density at radius 3 is 2.51 bits per heavy atom. The van der Waals surface area contributed by atoms with Crippen LogP contribution in [0.4, 0.5) is 0 Å². The molecule has 5 rings (SSSR count). The summed E-state index contributed by atoms with van der Waals surface area (Å²) >= 11 is 1.28. The van der Waals surface area contributed by atoms with Crippen molar-refractivity contribution in [3.05, 3.63) is 46.8 Å². The van der Waals surface area contributed by atoms with E-state index in [1.165, 1.54) is 54.1 Å². The molecule has 1 amide bonds. The molecule has 11 nitrogen and oxygen atoms in total. The molecule has 39 heavy (non-hydrogen) atoms. The summed E-state index contributed by atoms with van der Waals surface area (Å²) in [5.74, 6) is 0.256. The number of hydrogen-bond acceptors (Lipinski definition) is 9. The molecule has 1 fully saturated rings. The fourth-order valence-corrected chi connectivity index (χ4v) is 6.75. The van der Waals surface area contributed by atoms with Crippen LogP contribution in [-0.2, 0) is 30.8 Å². The summed E-state index contributed by atoms with van der Waals surface area (Å²) < 4.78 is 51.6. The van der Waals surface area contributed by atoms with Gasteiger partial charge in [0.1, 0.15) is 13.2 Å². The van der Waals surface area contributed by atoms with E-state index in [0.29, 0.717) is 36.1 Å². The molecule has 3 aromatic rings. The molecule has 2 aliphatic heterocycles. The van der Waals surface area contributed by atoms with Crippen molar-refractivity contribution in [3.8, 4) is 11.5 Å². The monoisotopic (exact) mass is 575 g/mol. The van der Waals surface area contributed by atoms with E-state index < -0.39 is 21.9 Å². The number of esters is 1. The van der Waals surface area contributed by atoms with E-state index in [1.54, 1.807) is 4.57 Å². The van der Waals surface area contributed by atoms with Crippen LogP contribution in [-0.4, -0.2) is 75.8 Å². The van der Waals surface area contributed by atoms with Crippen LogP contribution < -0.4 is 14.3 Å². The van der Waals surface area contributed by atoms with Crippen molar-refractivity contribution in [1.29, 1.82) is 0 Å². The van der Waals surface area contributed by atoms with Gasteiger partial charge < -0.3 is 23.5 Å². The predicted octanol–water partition coefficient (Wildman–Crippen LogP) is 2.58. The van der Waals surface area contributed by atoms with Gasteiger partial charge >= 0.3 is 5.97 Å². The van der Waals surface area contributed by atoms with Crippen molar-refractivity contribution in [3.63, 3.8) is 0 Å². The van der Waals surface area contributed by atoms with Gasteiger partial charge in [-0.2, -0.15) is 9.30 Å². The molecule has 2 aromatic carbocycles. The average molecular weight is 576 g/mol. The van der Waals surface area contributed by atoms with Gasteiger partial charge in [0.25, 0.3) is 5.91 Å². The minimum atomic E-state index is -3.74. The fraction of sp³-hybridized carbons (Fsp3) is 0.423. The predicted molar refractivity (Wildman–Crippen MR) is 143 cm³/mol. The van der Waals surface area contributed by atoms with Gasteiger partial charge in [0.05, 0.1) is 34.7 Å². The molecule has 0 bridgehead atoms. The number of nitrogens with zero attached hydrogens (tertiary/aromatic N) is 3. The first kappa shape index (κ1) is 27.3. The van der Waals surface area contributed by atoms with Crippen molar-refractivity contribution in [1.82, 2.24) is 8.87 Å².